The smallest absolute Gasteiger partial charge is 0.422 e. The highest BCUT2D eigenvalue weighted by Gasteiger charge is 2.45. The van der Waals surface area contributed by atoms with Gasteiger partial charge in [0.2, 0.25) is 5.90 Å². The number of aliphatic imine (C=N–C) groups is 1. The van der Waals surface area contributed by atoms with E-state index in [9.17, 15) is 18.3 Å². The molecule has 0 bridgehead atoms. The van der Waals surface area contributed by atoms with E-state index in [1.54, 1.807) is 61.8 Å². The van der Waals surface area contributed by atoms with Gasteiger partial charge < -0.3 is 19.0 Å². The van der Waals surface area contributed by atoms with E-state index in [4.69, 9.17) is 21.1 Å². The highest BCUT2D eigenvalue weighted by atomic mass is 35.5. The molecule has 0 spiro atoms. The Labute approximate surface area is 187 Å². The van der Waals surface area contributed by atoms with Crippen LogP contribution in [0, 0.1) is 0 Å². The second-order valence-electron chi connectivity index (χ2n) is 8.37. The van der Waals surface area contributed by atoms with Crippen LogP contribution in [0.25, 0.3) is 16.8 Å². The normalized spacial score (nSPS) is 19.2. The van der Waals surface area contributed by atoms with Crippen LogP contribution < -0.4 is 4.74 Å². The van der Waals surface area contributed by atoms with Gasteiger partial charge in [-0.2, -0.15) is 13.2 Å². The molecule has 2 aromatic heterocycles. The summed E-state index contributed by atoms with van der Waals surface area (Å²) in [6, 6.07) is 7.99. The van der Waals surface area contributed by atoms with Gasteiger partial charge in [0.1, 0.15) is 29.2 Å². The number of aromatic nitrogens is 2. The van der Waals surface area contributed by atoms with Crippen LogP contribution in [0.15, 0.2) is 47.7 Å². The standard InChI is InChI=1S/C22H21ClF3N3O3/c1-20(2,30)21(3)11-32-19(28-21)16-10-29-9-13(23)8-15(18(29)27-16)14-6-4-5-7-17(14)31-12-22(24,25)26/h4-10,30H,11-12H2,1-3H3. The fourth-order valence-corrected chi connectivity index (χ4v) is 3.50. The number of benzene rings is 1. The van der Waals surface area contributed by atoms with Crippen LogP contribution in [-0.2, 0) is 4.74 Å². The van der Waals surface area contributed by atoms with Gasteiger partial charge in [-0.05, 0) is 32.9 Å². The van der Waals surface area contributed by atoms with Gasteiger partial charge in [-0.25, -0.2) is 9.98 Å². The molecular formula is C22H21ClF3N3O3. The Morgan fingerprint density at radius 3 is 2.59 bits per heavy atom. The molecule has 0 aliphatic carbocycles. The molecule has 3 heterocycles. The number of hydrogen-bond acceptors (Lipinski definition) is 5. The zero-order chi connectivity index (χ0) is 23.3. The molecule has 1 N–H and O–H groups in total. The minimum Gasteiger partial charge on any atom is -0.483 e. The summed E-state index contributed by atoms with van der Waals surface area (Å²) in [5, 5.41) is 10.8. The third-order valence-electron chi connectivity index (χ3n) is 5.46. The van der Waals surface area contributed by atoms with Crippen molar-refractivity contribution in [1.29, 1.82) is 0 Å². The maximum Gasteiger partial charge on any atom is 0.422 e. The van der Waals surface area contributed by atoms with E-state index in [0.717, 1.165) is 0 Å². The van der Waals surface area contributed by atoms with Crippen LogP contribution in [0.3, 0.4) is 0 Å². The van der Waals surface area contributed by atoms with Gasteiger partial charge in [0.05, 0.1) is 10.6 Å². The molecule has 6 nitrogen and oxygen atoms in total. The molecule has 0 fully saturated rings. The molecule has 1 aliphatic heterocycles. The summed E-state index contributed by atoms with van der Waals surface area (Å²) < 4.78 is 50.5. The van der Waals surface area contributed by atoms with E-state index in [2.05, 4.69) is 9.98 Å². The predicted octanol–water partition coefficient (Wildman–Crippen LogP) is 4.90. The number of pyridine rings is 1. The molecule has 3 aromatic rings. The van der Waals surface area contributed by atoms with Gasteiger partial charge in [0.25, 0.3) is 0 Å². The molecule has 32 heavy (non-hydrogen) atoms. The highest BCUT2D eigenvalue weighted by Crippen LogP contribution is 2.36. The molecule has 1 aliphatic rings. The van der Waals surface area contributed by atoms with Crippen molar-refractivity contribution in [3.8, 4) is 16.9 Å². The molecule has 0 amide bonds. The average molecular weight is 468 g/mol. The van der Waals surface area contributed by atoms with Crippen LogP contribution in [0.2, 0.25) is 5.02 Å². The molecule has 0 saturated heterocycles. The van der Waals surface area contributed by atoms with Crippen molar-refractivity contribution in [2.24, 2.45) is 4.99 Å². The topological polar surface area (TPSA) is 68.4 Å². The quantitative estimate of drug-likeness (QED) is 0.579. The second kappa shape index (κ2) is 7.67. The van der Waals surface area contributed by atoms with Gasteiger partial charge in [-0.3, -0.25) is 0 Å². The summed E-state index contributed by atoms with van der Waals surface area (Å²) in [6.45, 7) is 3.86. The molecule has 0 radical (unpaired) electrons. The van der Waals surface area contributed by atoms with Gasteiger partial charge in [-0.15, -0.1) is 0 Å². The lowest BCUT2D eigenvalue weighted by Crippen LogP contribution is -2.47. The largest absolute Gasteiger partial charge is 0.483 e. The summed E-state index contributed by atoms with van der Waals surface area (Å²) in [4.78, 5) is 9.14. The Morgan fingerprint density at radius 2 is 1.94 bits per heavy atom. The zero-order valence-electron chi connectivity index (χ0n) is 17.6. The van der Waals surface area contributed by atoms with Crippen molar-refractivity contribution in [1.82, 2.24) is 9.38 Å². The average Bonchev–Trinajstić information content (AvgIpc) is 3.29. The number of alkyl halides is 3. The van der Waals surface area contributed by atoms with Crippen molar-refractivity contribution in [2.45, 2.75) is 38.1 Å². The lowest BCUT2D eigenvalue weighted by atomic mass is 9.86. The molecule has 0 saturated carbocycles. The first-order chi connectivity index (χ1) is 14.9. The predicted molar refractivity (Wildman–Crippen MR) is 114 cm³/mol. The van der Waals surface area contributed by atoms with Crippen LogP contribution in [0.1, 0.15) is 26.5 Å². The maximum atomic E-state index is 12.7. The van der Waals surface area contributed by atoms with E-state index in [-0.39, 0.29) is 18.3 Å². The molecule has 1 atom stereocenters. The highest BCUT2D eigenvalue weighted by molar-refractivity contribution is 6.31. The molecule has 1 aromatic carbocycles. The first-order valence-corrected chi connectivity index (χ1v) is 10.2. The summed E-state index contributed by atoms with van der Waals surface area (Å²) in [7, 11) is 0. The Morgan fingerprint density at radius 1 is 1.22 bits per heavy atom. The van der Waals surface area contributed by atoms with E-state index in [1.165, 1.54) is 6.07 Å². The minimum absolute atomic E-state index is 0.0580. The first kappa shape index (κ1) is 22.4. The van der Waals surface area contributed by atoms with Crippen molar-refractivity contribution in [3.05, 3.63) is 53.4 Å². The molecule has 1 unspecified atom stereocenters. The third-order valence-corrected chi connectivity index (χ3v) is 5.67. The van der Waals surface area contributed by atoms with Gasteiger partial charge >= 0.3 is 6.18 Å². The lowest BCUT2D eigenvalue weighted by molar-refractivity contribution is -0.153. The fraction of sp³-hybridized carbons (Fsp3) is 0.364. The Bertz CT molecular complexity index is 1200. The van der Waals surface area contributed by atoms with Gasteiger partial charge in [0.15, 0.2) is 6.61 Å². The minimum atomic E-state index is -4.47. The SMILES string of the molecule is CC(C)(O)C1(C)COC(c2cn3cc(Cl)cc(-c4ccccc4OCC(F)(F)F)c3n2)=N1. The Balaban J connectivity index is 1.79. The summed E-state index contributed by atoms with van der Waals surface area (Å²) in [5.74, 6) is 0.324. The number of imidazole rings is 1. The first-order valence-electron chi connectivity index (χ1n) is 9.79. The number of halogens is 4. The molecular weight excluding hydrogens is 447 g/mol. The molecule has 4 rings (SSSR count). The number of hydrogen-bond donors (Lipinski definition) is 1. The number of aliphatic hydroxyl groups is 1. The van der Waals surface area contributed by atoms with Crippen LogP contribution in [0.4, 0.5) is 13.2 Å². The van der Waals surface area contributed by atoms with Crippen LogP contribution in [0.5, 0.6) is 5.75 Å². The summed E-state index contributed by atoms with van der Waals surface area (Å²) >= 11 is 6.29. The number of rotatable bonds is 5. The van der Waals surface area contributed by atoms with Crippen molar-refractivity contribution in [2.75, 3.05) is 13.2 Å². The third kappa shape index (κ3) is 4.27. The lowest BCUT2D eigenvalue weighted by Gasteiger charge is -2.32. The van der Waals surface area contributed by atoms with Crippen molar-refractivity contribution >= 4 is 23.1 Å². The number of para-hydroxylation sites is 1. The molecule has 170 valence electrons. The van der Waals surface area contributed by atoms with Crippen molar-refractivity contribution in [3.63, 3.8) is 0 Å². The second-order valence-corrected chi connectivity index (χ2v) is 8.80. The fourth-order valence-electron chi connectivity index (χ4n) is 3.28. The zero-order valence-corrected chi connectivity index (χ0v) is 18.3. The number of nitrogens with zero attached hydrogens (tertiary/aromatic N) is 3. The number of fused-ring (bicyclic) bond motifs is 1. The molecule has 10 heteroatoms. The van der Waals surface area contributed by atoms with E-state index >= 15 is 0 Å². The monoisotopic (exact) mass is 467 g/mol. The van der Waals surface area contributed by atoms with Gasteiger partial charge in [0, 0.05) is 23.5 Å². The van der Waals surface area contributed by atoms with Gasteiger partial charge in [-0.1, -0.05) is 29.8 Å². The summed E-state index contributed by atoms with van der Waals surface area (Å²) in [5.41, 5.74) is -0.207. The van der Waals surface area contributed by atoms with Crippen LogP contribution >= 0.6 is 11.6 Å². The Hall–Kier alpha value is -2.78. The number of ether oxygens (including phenoxy) is 2. The van der Waals surface area contributed by atoms with Crippen LogP contribution in [-0.4, -0.2) is 50.9 Å². The summed E-state index contributed by atoms with van der Waals surface area (Å²) in [6.07, 6.45) is -1.18. The van der Waals surface area contributed by atoms with E-state index in [1.807, 2.05) is 0 Å². The van der Waals surface area contributed by atoms with E-state index in [0.29, 0.717) is 27.5 Å². The van der Waals surface area contributed by atoms with Crippen molar-refractivity contribution < 1.29 is 27.8 Å². The Kier molecular flexibility index (Phi) is 5.37. The maximum absolute atomic E-state index is 12.7. The van der Waals surface area contributed by atoms with E-state index < -0.39 is 23.9 Å².